The molecular formula is C14H19F3N2O. The first kappa shape index (κ1) is 16.3. The summed E-state index contributed by atoms with van der Waals surface area (Å²) in [6, 6.07) is 5.26. The van der Waals surface area contributed by atoms with Gasteiger partial charge in [0, 0.05) is 31.7 Å². The maximum Gasteiger partial charge on any atom is 0.418 e. The van der Waals surface area contributed by atoms with E-state index in [1.807, 2.05) is 13.8 Å². The minimum Gasteiger partial charge on any atom is -0.384 e. The van der Waals surface area contributed by atoms with Gasteiger partial charge in [-0.3, -0.25) is 4.79 Å². The number of benzene rings is 1. The third kappa shape index (κ3) is 4.43. The van der Waals surface area contributed by atoms with Crippen LogP contribution in [0, 0.1) is 0 Å². The van der Waals surface area contributed by atoms with Crippen molar-refractivity contribution in [2.24, 2.45) is 0 Å². The SMILES string of the molecule is CCN(CC)C(=O)CCNc1ccccc1C(F)(F)F. The largest absolute Gasteiger partial charge is 0.418 e. The Morgan fingerprint density at radius 2 is 1.80 bits per heavy atom. The number of nitrogens with zero attached hydrogens (tertiary/aromatic N) is 1. The number of carbonyl (C=O) groups is 1. The van der Waals surface area contributed by atoms with Crippen molar-refractivity contribution in [1.82, 2.24) is 4.90 Å². The lowest BCUT2D eigenvalue weighted by molar-refractivity contribution is -0.137. The quantitative estimate of drug-likeness (QED) is 0.870. The summed E-state index contributed by atoms with van der Waals surface area (Å²) in [7, 11) is 0. The fraction of sp³-hybridized carbons (Fsp3) is 0.500. The van der Waals surface area contributed by atoms with E-state index in [1.165, 1.54) is 18.2 Å². The first-order valence-corrected chi connectivity index (χ1v) is 6.58. The zero-order valence-electron chi connectivity index (χ0n) is 11.6. The lowest BCUT2D eigenvalue weighted by atomic mass is 10.1. The molecule has 0 unspecified atom stereocenters. The van der Waals surface area contributed by atoms with Gasteiger partial charge in [-0.1, -0.05) is 12.1 Å². The average Bonchev–Trinajstić information content (AvgIpc) is 2.39. The van der Waals surface area contributed by atoms with Gasteiger partial charge in [0.15, 0.2) is 0 Å². The van der Waals surface area contributed by atoms with Crippen LogP contribution in [0.3, 0.4) is 0 Å². The van der Waals surface area contributed by atoms with Gasteiger partial charge in [-0.05, 0) is 26.0 Å². The summed E-state index contributed by atoms with van der Waals surface area (Å²) in [5.74, 6) is -0.0630. The molecule has 0 saturated heterocycles. The summed E-state index contributed by atoms with van der Waals surface area (Å²) < 4.78 is 38.3. The number of amides is 1. The van der Waals surface area contributed by atoms with Crippen molar-refractivity contribution in [2.75, 3.05) is 25.0 Å². The second-order valence-corrected chi connectivity index (χ2v) is 4.29. The number of rotatable bonds is 6. The van der Waals surface area contributed by atoms with Crippen LogP contribution in [0.25, 0.3) is 0 Å². The average molecular weight is 288 g/mol. The fourth-order valence-corrected chi connectivity index (χ4v) is 1.92. The van der Waals surface area contributed by atoms with Crippen LogP contribution in [0.15, 0.2) is 24.3 Å². The van der Waals surface area contributed by atoms with Gasteiger partial charge in [0.2, 0.25) is 5.91 Å². The summed E-state index contributed by atoms with van der Waals surface area (Å²) in [5, 5.41) is 2.69. The summed E-state index contributed by atoms with van der Waals surface area (Å²) in [5.41, 5.74) is -0.706. The van der Waals surface area contributed by atoms with Crippen LogP contribution in [0.1, 0.15) is 25.8 Å². The molecule has 0 aliphatic rings. The van der Waals surface area contributed by atoms with E-state index in [-0.39, 0.29) is 24.6 Å². The molecular weight excluding hydrogens is 269 g/mol. The maximum absolute atomic E-state index is 12.8. The Morgan fingerprint density at radius 1 is 1.20 bits per heavy atom. The van der Waals surface area contributed by atoms with Gasteiger partial charge in [-0.2, -0.15) is 13.2 Å². The van der Waals surface area contributed by atoms with E-state index >= 15 is 0 Å². The summed E-state index contributed by atoms with van der Waals surface area (Å²) in [6.07, 6.45) is -4.22. The molecule has 0 saturated carbocycles. The Morgan fingerprint density at radius 3 is 2.35 bits per heavy atom. The van der Waals surface area contributed by atoms with Crippen LogP contribution in [0.4, 0.5) is 18.9 Å². The van der Waals surface area contributed by atoms with Crippen molar-refractivity contribution < 1.29 is 18.0 Å². The van der Waals surface area contributed by atoms with E-state index in [1.54, 1.807) is 4.90 Å². The van der Waals surface area contributed by atoms with E-state index in [2.05, 4.69) is 5.32 Å². The molecule has 0 fully saturated rings. The monoisotopic (exact) mass is 288 g/mol. The first-order valence-electron chi connectivity index (χ1n) is 6.58. The normalized spacial score (nSPS) is 11.2. The van der Waals surface area contributed by atoms with Crippen LogP contribution < -0.4 is 5.32 Å². The van der Waals surface area contributed by atoms with Crippen LogP contribution in [0.2, 0.25) is 0 Å². The molecule has 112 valence electrons. The second kappa shape index (κ2) is 7.17. The van der Waals surface area contributed by atoms with Crippen molar-refractivity contribution >= 4 is 11.6 Å². The molecule has 0 aliphatic heterocycles. The Hall–Kier alpha value is -1.72. The summed E-state index contributed by atoms with van der Waals surface area (Å²) in [4.78, 5) is 13.4. The standard InChI is InChI=1S/C14H19F3N2O/c1-3-19(4-2)13(20)9-10-18-12-8-6-5-7-11(12)14(15,16)17/h5-8,18H,3-4,9-10H2,1-2H3. The van der Waals surface area contributed by atoms with E-state index in [0.717, 1.165) is 6.07 Å². The maximum atomic E-state index is 12.8. The number of halogens is 3. The molecule has 0 bridgehead atoms. The third-order valence-corrected chi connectivity index (χ3v) is 3.00. The molecule has 3 nitrogen and oxygen atoms in total. The highest BCUT2D eigenvalue weighted by atomic mass is 19.4. The zero-order valence-corrected chi connectivity index (χ0v) is 11.6. The number of hydrogen-bond acceptors (Lipinski definition) is 2. The van der Waals surface area contributed by atoms with Gasteiger partial charge in [0.25, 0.3) is 0 Å². The molecule has 0 spiro atoms. The van der Waals surface area contributed by atoms with Crippen molar-refractivity contribution in [3.05, 3.63) is 29.8 Å². The summed E-state index contributed by atoms with van der Waals surface area (Å²) >= 11 is 0. The smallest absolute Gasteiger partial charge is 0.384 e. The Bertz CT molecular complexity index is 442. The van der Waals surface area contributed by atoms with E-state index in [0.29, 0.717) is 13.1 Å². The topological polar surface area (TPSA) is 32.3 Å². The van der Waals surface area contributed by atoms with Gasteiger partial charge in [-0.25, -0.2) is 0 Å². The van der Waals surface area contributed by atoms with Crippen LogP contribution in [0.5, 0.6) is 0 Å². The number of carbonyl (C=O) groups excluding carboxylic acids is 1. The molecule has 0 heterocycles. The van der Waals surface area contributed by atoms with Gasteiger partial charge in [0.1, 0.15) is 0 Å². The summed E-state index contributed by atoms with van der Waals surface area (Å²) in [6.45, 7) is 5.13. The third-order valence-electron chi connectivity index (χ3n) is 3.00. The van der Waals surface area contributed by atoms with Crippen LogP contribution >= 0.6 is 0 Å². The molecule has 1 N–H and O–H groups in total. The van der Waals surface area contributed by atoms with Crippen LogP contribution in [-0.4, -0.2) is 30.4 Å². The van der Waals surface area contributed by atoms with Crippen molar-refractivity contribution in [2.45, 2.75) is 26.4 Å². The highest BCUT2D eigenvalue weighted by molar-refractivity contribution is 5.76. The molecule has 1 rings (SSSR count). The number of alkyl halides is 3. The fourth-order valence-electron chi connectivity index (χ4n) is 1.92. The Labute approximate surface area is 116 Å². The lowest BCUT2D eigenvalue weighted by Crippen LogP contribution is -2.31. The van der Waals surface area contributed by atoms with Crippen molar-refractivity contribution in [3.63, 3.8) is 0 Å². The number of hydrogen-bond donors (Lipinski definition) is 1. The molecule has 1 aromatic rings. The van der Waals surface area contributed by atoms with E-state index in [4.69, 9.17) is 0 Å². The predicted molar refractivity (Wildman–Crippen MR) is 72.5 cm³/mol. The van der Waals surface area contributed by atoms with E-state index in [9.17, 15) is 18.0 Å². The number of para-hydroxylation sites is 1. The molecule has 1 amide bonds. The van der Waals surface area contributed by atoms with Gasteiger partial charge in [-0.15, -0.1) is 0 Å². The lowest BCUT2D eigenvalue weighted by Gasteiger charge is -2.19. The molecule has 0 aliphatic carbocycles. The molecule has 6 heteroatoms. The zero-order chi connectivity index (χ0) is 15.2. The Balaban J connectivity index is 2.61. The van der Waals surface area contributed by atoms with Crippen LogP contribution in [-0.2, 0) is 11.0 Å². The molecule has 1 aromatic carbocycles. The van der Waals surface area contributed by atoms with Gasteiger partial charge < -0.3 is 10.2 Å². The molecule has 20 heavy (non-hydrogen) atoms. The minimum atomic E-state index is -4.40. The first-order chi connectivity index (χ1) is 9.40. The number of anilines is 1. The molecule has 0 aromatic heterocycles. The predicted octanol–water partition coefficient (Wildman–Crippen LogP) is 3.38. The molecule has 0 radical (unpaired) electrons. The highest BCUT2D eigenvalue weighted by Gasteiger charge is 2.33. The molecule has 0 atom stereocenters. The number of nitrogens with one attached hydrogen (secondary N) is 1. The van der Waals surface area contributed by atoms with Gasteiger partial charge in [0.05, 0.1) is 5.56 Å². The second-order valence-electron chi connectivity index (χ2n) is 4.29. The van der Waals surface area contributed by atoms with Gasteiger partial charge >= 0.3 is 6.18 Å². The minimum absolute atomic E-state index is 0.00680. The Kier molecular flexibility index (Phi) is 5.85. The van der Waals surface area contributed by atoms with Crippen molar-refractivity contribution in [3.8, 4) is 0 Å². The highest BCUT2D eigenvalue weighted by Crippen LogP contribution is 2.34. The van der Waals surface area contributed by atoms with E-state index < -0.39 is 11.7 Å². The van der Waals surface area contributed by atoms with Crippen molar-refractivity contribution in [1.29, 1.82) is 0 Å².